The fraction of sp³-hybridized carbons (Fsp3) is 0.500. The molecule has 0 unspecified atom stereocenters. The minimum atomic E-state index is 0.150. The molecule has 242 valence electrons. The van der Waals surface area contributed by atoms with Crippen molar-refractivity contribution in [3.63, 3.8) is 0 Å². The minimum Gasteiger partial charge on any atom is -0.361 e. The molecule has 2 aromatic carbocycles. The number of nitrogens with one attached hydrogen (secondary N) is 1. The van der Waals surface area contributed by atoms with E-state index in [1.165, 1.54) is 5.52 Å². The number of H-pyrrole nitrogens is 1. The van der Waals surface area contributed by atoms with E-state index in [4.69, 9.17) is 0 Å². The number of rotatable bonds is 7. The van der Waals surface area contributed by atoms with Crippen molar-refractivity contribution in [2.24, 2.45) is 0 Å². The molecule has 2 amide bonds. The Morgan fingerprint density at radius 1 is 0.711 bits per heavy atom. The fourth-order valence-corrected chi connectivity index (χ4v) is 6.27. The molecule has 0 bridgehead atoms. The lowest BCUT2D eigenvalue weighted by atomic mass is 10.1. The zero-order chi connectivity index (χ0) is 32.1. The lowest BCUT2D eigenvalue weighted by molar-refractivity contribution is 0.0590. The quantitative estimate of drug-likeness (QED) is 0.327. The summed E-state index contributed by atoms with van der Waals surface area (Å²) in [5, 5.41) is 2.24. The van der Waals surface area contributed by atoms with Crippen LogP contribution in [0.5, 0.6) is 0 Å². The number of carbonyl (C=O) groups is 2. The summed E-state index contributed by atoms with van der Waals surface area (Å²) in [5.74, 6) is 0.308. The van der Waals surface area contributed by atoms with Gasteiger partial charge in [0.15, 0.2) is 0 Å². The SMILES string of the molecule is CC(C)N1CCN(C(=O)c2ccc3[nH]ccc3c2)CC1.CC(C)N1CCN(C(=O)c2ccc3c(ccn3CCN(C)C)c2)CC1. The van der Waals surface area contributed by atoms with Gasteiger partial charge in [-0.2, -0.15) is 0 Å². The van der Waals surface area contributed by atoms with Gasteiger partial charge in [-0.15, -0.1) is 0 Å². The number of benzene rings is 2. The van der Waals surface area contributed by atoms with Crippen LogP contribution >= 0.6 is 0 Å². The zero-order valence-corrected chi connectivity index (χ0v) is 28.0. The normalized spacial score (nSPS) is 16.6. The van der Waals surface area contributed by atoms with Crippen molar-refractivity contribution in [3.8, 4) is 0 Å². The van der Waals surface area contributed by atoms with Crippen LogP contribution in [0, 0.1) is 0 Å². The Morgan fingerprint density at radius 3 is 1.78 bits per heavy atom. The first-order valence-corrected chi connectivity index (χ1v) is 16.5. The molecule has 4 aromatic rings. The van der Waals surface area contributed by atoms with Crippen molar-refractivity contribution in [2.75, 3.05) is 73.0 Å². The first kappa shape index (κ1) is 32.7. The molecule has 9 nitrogen and oxygen atoms in total. The minimum absolute atomic E-state index is 0.150. The second-order valence-corrected chi connectivity index (χ2v) is 13.2. The molecule has 4 heterocycles. The van der Waals surface area contributed by atoms with Gasteiger partial charge in [-0.3, -0.25) is 19.4 Å². The molecular weight excluding hydrogens is 562 g/mol. The third-order valence-corrected chi connectivity index (χ3v) is 9.27. The third kappa shape index (κ3) is 7.95. The van der Waals surface area contributed by atoms with E-state index in [9.17, 15) is 9.59 Å². The van der Waals surface area contributed by atoms with Crippen LogP contribution < -0.4 is 0 Å². The number of amides is 2. The zero-order valence-electron chi connectivity index (χ0n) is 28.0. The Hall–Kier alpha value is -3.66. The van der Waals surface area contributed by atoms with Gasteiger partial charge in [0.2, 0.25) is 0 Å². The molecule has 2 aromatic heterocycles. The van der Waals surface area contributed by atoms with Crippen molar-refractivity contribution >= 4 is 33.6 Å². The van der Waals surface area contributed by atoms with E-state index < -0.39 is 0 Å². The monoisotopic (exact) mass is 613 g/mol. The maximum atomic E-state index is 12.8. The summed E-state index contributed by atoms with van der Waals surface area (Å²) >= 11 is 0. The van der Waals surface area contributed by atoms with E-state index in [1.807, 2.05) is 52.4 Å². The van der Waals surface area contributed by atoms with Gasteiger partial charge in [0, 0.05) is 123 Å². The predicted molar refractivity (Wildman–Crippen MR) is 184 cm³/mol. The molecule has 0 radical (unpaired) electrons. The predicted octanol–water partition coefficient (Wildman–Crippen LogP) is 4.70. The molecule has 2 aliphatic heterocycles. The molecule has 0 spiro atoms. The van der Waals surface area contributed by atoms with E-state index in [2.05, 4.69) is 84.4 Å². The maximum absolute atomic E-state index is 12.8. The smallest absolute Gasteiger partial charge is 0.253 e. The van der Waals surface area contributed by atoms with Gasteiger partial charge in [0.25, 0.3) is 11.8 Å². The van der Waals surface area contributed by atoms with Crippen LogP contribution in [-0.2, 0) is 6.54 Å². The second-order valence-electron chi connectivity index (χ2n) is 13.2. The number of piperazine rings is 2. The Kier molecular flexibility index (Phi) is 10.6. The van der Waals surface area contributed by atoms with Gasteiger partial charge in [-0.1, -0.05) is 0 Å². The van der Waals surface area contributed by atoms with Crippen molar-refractivity contribution in [1.29, 1.82) is 0 Å². The molecule has 0 aliphatic carbocycles. The number of carbonyl (C=O) groups excluding carboxylic acids is 2. The lowest BCUT2D eigenvalue weighted by Gasteiger charge is -2.37. The van der Waals surface area contributed by atoms with Crippen LogP contribution in [0.4, 0.5) is 0 Å². The second kappa shape index (κ2) is 14.6. The van der Waals surface area contributed by atoms with Crippen LogP contribution in [0.15, 0.2) is 60.9 Å². The number of aromatic nitrogens is 2. The summed E-state index contributed by atoms with van der Waals surface area (Å²) in [7, 11) is 4.17. The first-order valence-electron chi connectivity index (χ1n) is 16.5. The van der Waals surface area contributed by atoms with Crippen LogP contribution in [0.2, 0.25) is 0 Å². The van der Waals surface area contributed by atoms with Crippen molar-refractivity contribution in [3.05, 3.63) is 72.1 Å². The lowest BCUT2D eigenvalue weighted by Crippen LogP contribution is -2.50. The molecule has 0 atom stereocenters. The third-order valence-electron chi connectivity index (χ3n) is 9.27. The largest absolute Gasteiger partial charge is 0.361 e. The highest BCUT2D eigenvalue weighted by atomic mass is 16.2. The molecule has 2 fully saturated rings. The van der Waals surface area contributed by atoms with E-state index in [0.717, 1.165) is 92.9 Å². The summed E-state index contributed by atoms with van der Waals surface area (Å²) in [6, 6.07) is 17.2. The molecule has 6 rings (SSSR count). The molecule has 2 saturated heterocycles. The molecule has 9 heteroatoms. The van der Waals surface area contributed by atoms with Crippen molar-refractivity contribution < 1.29 is 9.59 Å². The van der Waals surface area contributed by atoms with Gasteiger partial charge in [0.1, 0.15) is 0 Å². The highest BCUT2D eigenvalue weighted by molar-refractivity contribution is 5.99. The fourth-order valence-electron chi connectivity index (χ4n) is 6.27. The number of hydrogen-bond acceptors (Lipinski definition) is 5. The van der Waals surface area contributed by atoms with Gasteiger partial charge >= 0.3 is 0 Å². The van der Waals surface area contributed by atoms with Crippen molar-refractivity contribution in [1.82, 2.24) is 34.1 Å². The van der Waals surface area contributed by atoms with E-state index in [0.29, 0.717) is 12.1 Å². The highest BCUT2D eigenvalue weighted by Crippen LogP contribution is 2.20. The van der Waals surface area contributed by atoms with E-state index in [-0.39, 0.29) is 11.8 Å². The summed E-state index contributed by atoms with van der Waals surface area (Å²) in [4.78, 5) is 39.5. The molecular formula is C36H51N7O2. The first-order chi connectivity index (χ1) is 21.6. The van der Waals surface area contributed by atoms with E-state index >= 15 is 0 Å². The number of likely N-dealkylation sites (N-methyl/N-ethyl adjacent to an activating group) is 1. The Morgan fingerprint density at radius 2 is 1.24 bits per heavy atom. The maximum Gasteiger partial charge on any atom is 0.253 e. The van der Waals surface area contributed by atoms with Gasteiger partial charge in [0.05, 0.1) is 0 Å². The summed E-state index contributed by atoms with van der Waals surface area (Å²) in [6.45, 7) is 18.0. The van der Waals surface area contributed by atoms with Gasteiger partial charge in [-0.25, -0.2) is 0 Å². The average Bonchev–Trinajstić information content (AvgIpc) is 3.69. The van der Waals surface area contributed by atoms with Crippen LogP contribution in [0.1, 0.15) is 48.4 Å². The molecule has 45 heavy (non-hydrogen) atoms. The summed E-state index contributed by atoms with van der Waals surface area (Å²) in [6.07, 6.45) is 4.02. The Balaban J connectivity index is 0.000000182. The van der Waals surface area contributed by atoms with Crippen LogP contribution in [0.25, 0.3) is 21.8 Å². The molecule has 1 N–H and O–H groups in total. The topological polar surface area (TPSA) is 71.1 Å². The number of fused-ring (bicyclic) bond motifs is 2. The number of aromatic amines is 1. The molecule has 0 saturated carbocycles. The average molecular weight is 614 g/mol. The van der Waals surface area contributed by atoms with Gasteiger partial charge in [-0.05, 0) is 90.3 Å². The highest BCUT2D eigenvalue weighted by Gasteiger charge is 2.24. The number of nitrogens with zero attached hydrogens (tertiary/aromatic N) is 6. The standard InChI is InChI=1S/C20H30N4O.C16H21N3O/c1-16(2)22-11-13-24(14-12-22)20(25)18-5-6-19-17(15-18)7-8-23(19)10-9-21(3)4;1-12(2)18-7-9-19(10-8-18)16(20)14-3-4-15-13(11-14)5-6-17-15/h5-8,15-16H,9-14H2,1-4H3;3-6,11-12,17H,7-10H2,1-2H3. The van der Waals surface area contributed by atoms with Crippen LogP contribution in [-0.4, -0.2) is 131 Å². The van der Waals surface area contributed by atoms with Gasteiger partial charge < -0.3 is 24.3 Å². The van der Waals surface area contributed by atoms with Crippen LogP contribution in [0.3, 0.4) is 0 Å². The summed E-state index contributed by atoms with van der Waals surface area (Å²) in [5.41, 5.74) is 3.86. The van der Waals surface area contributed by atoms with Crippen molar-refractivity contribution in [2.45, 2.75) is 46.3 Å². The van der Waals surface area contributed by atoms with E-state index in [1.54, 1.807) is 0 Å². The summed E-state index contributed by atoms with van der Waals surface area (Å²) < 4.78 is 2.25. The Labute approximate surface area is 268 Å². The Bertz CT molecular complexity index is 1570. The molecule has 2 aliphatic rings. The number of hydrogen-bond donors (Lipinski definition) is 1.